The van der Waals surface area contributed by atoms with Gasteiger partial charge in [-0.3, -0.25) is 4.79 Å². The van der Waals surface area contributed by atoms with Crippen molar-refractivity contribution in [2.24, 2.45) is 5.73 Å². The lowest BCUT2D eigenvalue weighted by Gasteiger charge is -2.27. The summed E-state index contributed by atoms with van der Waals surface area (Å²) in [5, 5.41) is 0. The van der Waals surface area contributed by atoms with Gasteiger partial charge in [0.2, 0.25) is 0 Å². The summed E-state index contributed by atoms with van der Waals surface area (Å²) in [6.07, 6.45) is 2.01. The van der Waals surface area contributed by atoms with E-state index in [9.17, 15) is 4.79 Å². The molecular formula is C19H22NO3P. The number of hydrogen-bond acceptors (Lipinski definition) is 4. The Kier molecular flexibility index (Phi) is 5.49. The van der Waals surface area contributed by atoms with Crippen LogP contribution in [-0.4, -0.2) is 18.2 Å². The Morgan fingerprint density at radius 1 is 1.17 bits per heavy atom. The molecule has 0 bridgehead atoms. The molecular weight excluding hydrogens is 321 g/mol. The SMILES string of the molecule is CCCC(CN)POC(=O)C1c2ccccc2Oc2ccccc21. The van der Waals surface area contributed by atoms with Gasteiger partial charge in [0.25, 0.3) is 0 Å². The van der Waals surface area contributed by atoms with Gasteiger partial charge in [-0.15, -0.1) is 0 Å². The lowest BCUT2D eigenvalue weighted by atomic mass is 9.88. The second-order valence-electron chi connectivity index (χ2n) is 5.87. The maximum Gasteiger partial charge on any atom is 0.320 e. The lowest BCUT2D eigenvalue weighted by Crippen LogP contribution is -2.21. The average molecular weight is 343 g/mol. The molecule has 24 heavy (non-hydrogen) atoms. The third-order valence-corrected chi connectivity index (χ3v) is 5.34. The highest BCUT2D eigenvalue weighted by atomic mass is 31.1. The summed E-state index contributed by atoms with van der Waals surface area (Å²) in [6.45, 7) is 2.65. The van der Waals surface area contributed by atoms with Crippen molar-refractivity contribution in [2.75, 3.05) is 6.54 Å². The van der Waals surface area contributed by atoms with Crippen molar-refractivity contribution in [3.63, 3.8) is 0 Å². The zero-order chi connectivity index (χ0) is 16.9. The van der Waals surface area contributed by atoms with Gasteiger partial charge in [-0.1, -0.05) is 49.7 Å². The van der Waals surface area contributed by atoms with Crippen molar-refractivity contribution in [1.82, 2.24) is 0 Å². The molecule has 0 saturated carbocycles. The second-order valence-corrected chi connectivity index (χ2v) is 7.13. The van der Waals surface area contributed by atoms with E-state index in [1.54, 1.807) is 0 Å². The fourth-order valence-electron chi connectivity index (χ4n) is 2.94. The Bertz CT molecular complexity index is 674. The highest BCUT2D eigenvalue weighted by Crippen LogP contribution is 2.45. The number of rotatable bonds is 6. The van der Waals surface area contributed by atoms with Crippen LogP contribution in [0.2, 0.25) is 0 Å². The molecule has 0 radical (unpaired) electrons. The summed E-state index contributed by atoms with van der Waals surface area (Å²) in [5.74, 6) is 0.751. The first-order chi connectivity index (χ1) is 11.7. The van der Waals surface area contributed by atoms with Gasteiger partial charge in [0.05, 0.1) is 8.81 Å². The van der Waals surface area contributed by atoms with E-state index in [0.717, 1.165) is 24.0 Å². The maximum atomic E-state index is 12.8. The molecule has 1 heterocycles. The van der Waals surface area contributed by atoms with Gasteiger partial charge in [0.15, 0.2) is 0 Å². The van der Waals surface area contributed by atoms with Crippen molar-refractivity contribution in [3.8, 4) is 11.5 Å². The zero-order valence-corrected chi connectivity index (χ0v) is 14.7. The van der Waals surface area contributed by atoms with Crippen LogP contribution in [0.3, 0.4) is 0 Å². The highest BCUT2D eigenvalue weighted by molar-refractivity contribution is 7.34. The fraction of sp³-hybridized carbons (Fsp3) is 0.316. The quantitative estimate of drug-likeness (QED) is 0.799. The highest BCUT2D eigenvalue weighted by Gasteiger charge is 2.33. The lowest BCUT2D eigenvalue weighted by molar-refractivity contribution is -0.134. The second kappa shape index (κ2) is 7.78. The normalized spacial score (nSPS) is 14.8. The molecule has 0 saturated heterocycles. The van der Waals surface area contributed by atoms with Crippen molar-refractivity contribution in [2.45, 2.75) is 31.3 Å². The van der Waals surface area contributed by atoms with E-state index in [-0.39, 0.29) is 20.4 Å². The molecule has 5 heteroatoms. The summed E-state index contributed by atoms with van der Waals surface area (Å²) in [6, 6.07) is 15.3. The number of carbonyl (C=O) groups is 1. The van der Waals surface area contributed by atoms with Gasteiger partial charge < -0.3 is 15.0 Å². The van der Waals surface area contributed by atoms with Crippen LogP contribution in [0, 0.1) is 0 Å². The van der Waals surface area contributed by atoms with E-state index in [2.05, 4.69) is 6.92 Å². The van der Waals surface area contributed by atoms with Gasteiger partial charge in [-0.25, -0.2) is 0 Å². The molecule has 2 aromatic carbocycles. The molecule has 126 valence electrons. The molecule has 3 rings (SSSR count). The summed E-state index contributed by atoms with van der Waals surface area (Å²) in [7, 11) is 0.0940. The van der Waals surface area contributed by atoms with Gasteiger partial charge >= 0.3 is 5.97 Å². The van der Waals surface area contributed by atoms with Gasteiger partial charge in [-0.2, -0.15) is 0 Å². The Balaban J connectivity index is 1.85. The Morgan fingerprint density at radius 2 is 1.75 bits per heavy atom. The van der Waals surface area contributed by atoms with E-state index in [0.29, 0.717) is 18.0 Å². The summed E-state index contributed by atoms with van der Waals surface area (Å²) in [5.41, 5.74) is 7.72. The van der Waals surface area contributed by atoms with Crippen LogP contribution >= 0.6 is 8.81 Å². The van der Waals surface area contributed by atoms with Crippen LogP contribution in [0.1, 0.15) is 36.8 Å². The first-order valence-corrected chi connectivity index (χ1v) is 9.25. The van der Waals surface area contributed by atoms with Crippen molar-refractivity contribution in [3.05, 3.63) is 59.7 Å². The molecule has 0 aromatic heterocycles. The van der Waals surface area contributed by atoms with Crippen LogP contribution in [-0.2, 0) is 9.32 Å². The van der Waals surface area contributed by atoms with Gasteiger partial charge in [0, 0.05) is 23.3 Å². The van der Waals surface area contributed by atoms with Crippen LogP contribution in [0.4, 0.5) is 0 Å². The number of para-hydroxylation sites is 2. The Labute approximate surface area is 144 Å². The molecule has 2 aromatic rings. The molecule has 2 atom stereocenters. The molecule has 2 N–H and O–H groups in total. The minimum atomic E-state index is -0.446. The molecule has 2 unspecified atom stereocenters. The number of ether oxygens (including phenoxy) is 1. The summed E-state index contributed by atoms with van der Waals surface area (Å²) in [4.78, 5) is 12.8. The zero-order valence-electron chi connectivity index (χ0n) is 13.7. The predicted octanol–water partition coefficient (Wildman–Crippen LogP) is 4.19. The fourth-order valence-corrected chi connectivity index (χ4v) is 3.84. The van der Waals surface area contributed by atoms with Gasteiger partial charge in [-0.05, 0) is 18.6 Å². The van der Waals surface area contributed by atoms with Crippen LogP contribution < -0.4 is 10.5 Å². The van der Waals surface area contributed by atoms with Crippen LogP contribution in [0.15, 0.2) is 48.5 Å². The Hall–Kier alpha value is -1.90. The third-order valence-electron chi connectivity index (χ3n) is 4.16. The molecule has 1 aliphatic rings. The smallest absolute Gasteiger partial charge is 0.320 e. The summed E-state index contributed by atoms with van der Waals surface area (Å²) < 4.78 is 11.6. The number of fused-ring (bicyclic) bond motifs is 2. The van der Waals surface area contributed by atoms with Crippen LogP contribution in [0.5, 0.6) is 11.5 Å². The average Bonchev–Trinajstić information content (AvgIpc) is 2.62. The third kappa shape index (κ3) is 3.45. The molecule has 0 amide bonds. The van der Waals surface area contributed by atoms with Crippen molar-refractivity contribution < 1.29 is 14.1 Å². The van der Waals surface area contributed by atoms with E-state index in [4.69, 9.17) is 15.0 Å². The number of nitrogens with two attached hydrogens (primary N) is 1. The minimum absolute atomic E-state index is 0.0940. The number of hydrogen-bond donors (Lipinski definition) is 1. The largest absolute Gasteiger partial charge is 0.457 e. The predicted molar refractivity (Wildman–Crippen MR) is 97.0 cm³/mol. The first-order valence-electron chi connectivity index (χ1n) is 8.26. The molecule has 0 aliphatic carbocycles. The van der Waals surface area contributed by atoms with E-state index >= 15 is 0 Å². The van der Waals surface area contributed by atoms with Crippen molar-refractivity contribution >= 4 is 14.8 Å². The summed E-state index contributed by atoms with van der Waals surface area (Å²) >= 11 is 0. The monoisotopic (exact) mass is 343 g/mol. The molecule has 4 nitrogen and oxygen atoms in total. The number of carbonyl (C=O) groups excluding carboxylic acids is 1. The Morgan fingerprint density at radius 3 is 2.29 bits per heavy atom. The number of benzene rings is 2. The van der Waals surface area contributed by atoms with Crippen molar-refractivity contribution in [1.29, 1.82) is 0 Å². The van der Waals surface area contributed by atoms with E-state index in [1.165, 1.54) is 0 Å². The van der Waals surface area contributed by atoms with E-state index < -0.39 is 5.92 Å². The van der Waals surface area contributed by atoms with Gasteiger partial charge in [0.1, 0.15) is 17.4 Å². The minimum Gasteiger partial charge on any atom is -0.457 e. The van der Waals surface area contributed by atoms with Crippen LogP contribution in [0.25, 0.3) is 0 Å². The first kappa shape index (κ1) is 16.9. The molecule has 1 aliphatic heterocycles. The topological polar surface area (TPSA) is 61.5 Å². The maximum absolute atomic E-state index is 12.8. The molecule has 0 spiro atoms. The standard InChI is InChI=1S/C19H22NO3P/c1-2-7-13(12-20)24-23-19(21)18-14-8-3-5-10-16(14)22-17-11-6-4-9-15(17)18/h3-6,8-11,13,18,24H,2,7,12,20H2,1H3. The van der Waals surface area contributed by atoms with E-state index in [1.807, 2.05) is 48.5 Å². The molecule has 0 fully saturated rings.